The number of carbonyl (C=O) groups is 1. The van der Waals surface area contributed by atoms with E-state index in [0.29, 0.717) is 17.7 Å². The molecule has 0 bridgehead atoms. The van der Waals surface area contributed by atoms with Crippen LogP contribution in [0.5, 0.6) is 0 Å². The second kappa shape index (κ2) is 8.50. The Hall–Kier alpha value is -2.44. The standard InChI is InChI=1S/C21H26N2O4/c1-13-10-14(2)23-21(25)19(13)11-22-20(24)17-6-4-16(5-7-17)15(3)27-18-8-9-26-12-18/h4-7,10,15,18H,8-9,11-12H2,1-3H3,(H,22,24)(H,23,25). The number of aromatic amines is 1. The van der Waals surface area contributed by atoms with Gasteiger partial charge in [0.25, 0.3) is 11.5 Å². The lowest BCUT2D eigenvalue weighted by Gasteiger charge is -2.18. The van der Waals surface area contributed by atoms with Crippen LogP contribution in [0.4, 0.5) is 0 Å². The number of hydrogen-bond donors (Lipinski definition) is 2. The third-order valence-corrected chi connectivity index (χ3v) is 4.85. The molecule has 144 valence electrons. The smallest absolute Gasteiger partial charge is 0.253 e. The number of ether oxygens (including phenoxy) is 2. The Morgan fingerprint density at radius 2 is 2.07 bits per heavy atom. The molecule has 1 aliphatic rings. The molecule has 6 heteroatoms. The molecule has 1 aromatic carbocycles. The molecular formula is C21H26N2O4. The number of rotatable bonds is 6. The molecule has 1 amide bonds. The highest BCUT2D eigenvalue weighted by atomic mass is 16.5. The third-order valence-electron chi connectivity index (χ3n) is 4.85. The molecule has 0 saturated carbocycles. The molecular weight excluding hydrogens is 344 g/mol. The first-order chi connectivity index (χ1) is 12.9. The topological polar surface area (TPSA) is 80.4 Å². The maximum absolute atomic E-state index is 12.4. The van der Waals surface area contributed by atoms with E-state index in [1.165, 1.54) is 0 Å². The van der Waals surface area contributed by atoms with Crippen molar-refractivity contribution in [3.8, 4) is 0 Å². The summed E-state index contributed by atoms with van der Waals surface area (Å²) in [6, 6.07) is 9.26. The molecule has 6 nitrogen and oxygen atoms in total. The van der Waals surface area contributed by atoms with Crippen LogP contribution in [0, 0.1) is 13.8 Å². The van der Waals surface area contributed by atoms with Crippen LogP contribution in [0.1, 0.15) is 52.2 Å². The Bertz CT molecular complexity index is 851. The molecule has 2 aromatic rings. The number of nitrogens with one attached hydrogen (secondary N) is 2. The fraction of sp³-hybridized carbons (Fsp3) is 0.429. The fourth-order valence-electron chi connectivity index (χ4n) is 3.26. The van der Waals surface area contributed by atoms with Crippen molar-refractivity contribution in [2.75, 3.05) is 13.2 Å². The van der Waals surface area contributed by atoms with Gasteiger partial charge in [-0.15, -0.1) is 0 Å². The molecule has 0 spiro atoms. The Balaban J connectivity index is 1.60. The molecule has 2 atom stereocenters. The normalized spacial score (nSPS) is 17.7. The Morgan fingerprint density at radius 3 is 2.70 bits per heavy atom. The number of aryl methyl sites for hydroxylation is 2. The van der Waals surface area contributed by atoms with Gasteiger partial charge in [-0.2, -0.15) is 0 Å². The van der Waals surface area contributed by atoms with Gasteiger partial charge in [-0.1, -0.05) is 12.1 Å². The lowest BCUT2D eigenvalue weighted by Crippen LogP contribution is -2.27. The van der Waals surface area contributed by atoms with E-state index in [-0.39, 0.29) is 30.2 Å². The molecule has 0 aliphatic carbocycles. The number of hydrogen-bond acceptors (Lipinski definition) is 4. The number of carbonyl (C=O) groups excluding carboxylic acids is 1. The highest BCUT2D eigenvalue weighted by molar-refractivity contribution is 5.94. The molecule has 3 rings (SSSR count). The van der Waals surface area contributed by atoms with Crippen LogP contribution in [0.2, 0.25) is 0 Å². The minimum absolute atomic E-state index is 0.0532. The van der Waals surface area contributed by atoms with E-state index < -0.39 is 0 Å². The number of benzene rings is 1. The van der Waals surface area contributed by atoms with Gasteiger partial charge in [-0.3, -0.25) is 9.59 Å². The highest BCUT2D eigenvalue weighted by Crippen LogP contribution is 2.22. The van der Waals surface area contributed by atoms with Crippen molar-refractivity contribution >= 4 is 5.91 Å². The minimum Gasteiger partial charge on any atom is -0.379 e. The van der Waals surface area contributed by atoms with E-state index in [4.69, 9.17) is 9.47 Å². The highest BCUT2D eigenvalue weighted by Gasteiger charge is 2.20. The lowest BCUT2D eigenvalue weighted by atomic mass is 10.1. The van der Waals surface area contributed by atoms with Crippen LogP contribution in [0.15, 0.2) is 35.1 Å². The van der Waals surface area contributed by atoms with Crippen molar-refractivity contribution < 1.29 is 14.3 Å². The zero-order valence-electron chi connectivity index (χ0n) is 16.0. The Labute approximate surface area is 158 Å². The van der Waals surface area contributed by atoms with Gasteiger partial charge in [0, 0.05) is 30.0 Å². The average Bonchev–Trinajstić information content (AvgIpc) is 3.13. The van der Waals surface area contributed by atoms with Crippen molar-refractivity contribution in [1.29, 1.82) is 0 Å². The van der Waals surface area contributed by atoms with Gasteiger partial charge in [0.05, 0.1) is 18.8 Å². The summed E-state index contributed by atoms with van der Waals surface area (Å²) in [5.74, 6) is -0.210. The van der Waals surface area contributed by atoms with Gasteiger partial charge in [0.2, 0.25) is 0 Å². The van der Waals surface area contributed by atoms with Crippen LogP contribution >= 0.6 is 0 Å². The molecule has 2 heterocycles. The predicted octanol–water partition coefficient (Wildman–Crippen LogP) is 2.79. The first kappa shape index (κ1) is 19.3. The van der Waals surface area contributed by atoms with Gasteiger partial charge >= 0.3 is 0 Å². The average molecular weight is 370 g/mol. The molecule has 1 saturated heterocycles. The van der Waals surface area contributed by atoms with Gasteiger partial charge < -0.3 is 19.8 Å². The third kappa shape index (κ3) is 4.84. The van der Waals surface area contributed by atoms with Gasteiger partial charge in [0.15, 0.2) is 0 Å². The van der Waals surface area contributed by atoms with E-state index in [9.17, 15) is 9.59 Å². The Kier molecular flexibility index (Phi) is 6.08. The second-order valence-electron chi connectivity index (χ2n) is 7.01. The molecule has 1 aliphatic heterocycles. The maximum atomic E-state index is 12.4. The van der Waals surface area contributed by atoms with Crippen molar-refractivity contribution in [3.63, 3.8) is 0 Å². The van der Waals surface area contributed by atoms with Gasteiger partial charge in [-0.05, 0) is 56.5 Å². The van der Waals surface area contributed by atoms with E-state index in [0.717, 1.165) is 29.8 Å². The quantitative estimate of drug-likeness (QED) is 0.819. The summed E-state index contributed by atoms with van der Waals surface area (Å²) in [7, 11) is 0. The molecule has 0 radical (unpaired) electrons. The zero-order valence-corrected chi connectivity index (χ0v) is 16.0. The fourth-order valence-corrected chi connectivity index (χ4v) is 3.26. The minimum atomic E-state index is -0.210. The summed E-state index contributed by atoms with van der Waals surface area (Å²) in [5.41, 5.74) is 3.66. The number of aromatic nitrogens is 1. The summed E-state index contributed by atoms with van der Waals surface area (Å²) in [6.45, 7) is 7.29. The number of H-pyrrole nitrogens is 1. The van der Waals surface area contributed by atoms with E-state index in [1.807, 2.05) is 39.0 Å². The van der Waals surface area contributed by atoms with E-state index in [2.05, 4.69) is 10.3 Å². The van der Waals surface area contributed by atoms with Crippen LogP contribution in [-0.2, 0) is 16.0 Å². The second-order valence-corrected chi connectivity index (χ2v) is 7.01. The van der Waals surface area contributed by atoms with Crippen molar-refractivity contribution in [3.05, 3.63) is 68.6 Å². The summed E-state index contributed by atoms with van der Waals surface area (Å²) in [6.07, 6.45) is 1.00. The Morgan fingerprint density at radius 1 is 1.33 bits per heavy atom. The maximum Gasteiger partial charge on any atom is 0.253 e. The van der Waals surface area contributed by atoms with Crippen LogP contribution in [-0.4, -0.2) is 30.2 Å². The van der Waals surface area contributed by atoms with Crippen molar-refractivity contribution in [2.45, 2.75) is 45.9 Å². The summed E-state index contributed by atoms with van der Waals surface area (Å²) in [5, 5.41) is 2.82. The van der Waals surface area contributed by atoms with Crippen LogP contribution in [0.3, 0.4) is 0 Å². The largest absolute Gasteiger partial charge is 0.379 e. The number of amides is 1. The first-order valence-electron chi connectivity index (χ1n) is 9.25. The molecule has 1 aromatic heterocycles. The van der Waals surface area contributed by atoms with Gasteiger partial charge in [0.1, 0.15) is 0 Å². The van der Waals surface area contributed by atoms with Gasteiger partial charge in [-0.25, -0.2) is 0 Å². The lowest BCUT2D eigenvalue weighted by molar-refractivity contribution is -0.00767. The SMILES string of the molecule is Cc1cc(C)c(CNC(=O)c2ccc(C(C)OC3CCOC3)cc2)c(=O)[nH]1. The summed E-state index contributed by atoms with van der Waals surface area (Å²) >= 11 is 0. The first-order valence-corrected chi connectivity index (χ1v) is 9.25. The van der Waals surface area contributed by atoms with Crippen molar-refractivity contribution in [2.24, 2.45) is 0 Å². The van der Waals surface area contributed by atoms with Crippen LogP contribution in [0.25, 0.3) is 0 Å². The van der Waals surface area contributed by atoms with Crippen LogP contribution < -0.4 is 10.9 Å². The van der Waals surface area contributed by atoms with E-state index >= 15 is 0 Å². The summed E-state index contributed by atoms with van der Waals surface area (Å²) < 4.78 is 11.3. The molecule has 2 unspecified atom stereocenters. The molecule has 27 heavy (non-hydrogen) atoms. The molecule has 1 fully saturated rings. The number of pyridine rings is 1. The van der Waals surface area contributed by atoms with Crippen molar-refractivity contribution in [1.82, 2.24) is 10.3 Å². The zero-order chi connectivity index (χ0) is 19.4. The summed E-state index contributed by atoms with van der Waals surface area (Å²) in [4.78, 5) is 27.2. The van der Waals surface area contributed by atoms with E-state index in [1.54, 1.807) is 12.1 Å². The molecule has 2 N–H and O–H groups in total. The predicted molar refractivity (Wildman–Crippen MR) is 103 cm³/mol. The monoisotopic (exact) mass is 370 g/mol.